The van der Waals surface area contributed by atoms with Gasteiger partial charge in [0.15, 0.2) is 0 Å². The summed E-state index contributed by atoms with van der Waals surface area (Å²) in [4.78, 5) is 1.16. The fourth-order valence-corrected chi connectivity index (χ4v) is 2.41. The van der Waals surface area contributed by atoms with Gasteiger partial charge in [0, 0.05) is 17.5 Å². The Hall–Kier alpha value is -1.65. The fraction of sp³-hybridized carbons (Fsp3) is 0.143. The highest BCUT2D eigenvalue weighted by Crippen LogP contribution is 2.26. The molecular weight excluding hydrogens is 247 g/mol. The van der Waals surface area contributed by atoms with Crippen molar-refractivity contribution in [1.82, 2.24) is 0 Å². The molecule has 0 unspecified atom stereocenters. The predicted octanol–water partition coefficient (Wildman–Crippen LogP) is 3.68. The first kappa shape index (κ1) is 12.8. The molecule has 18 heavy (non-hydrogen) atoms. The van der Waals surface area contributed by atoms with Gasteiger partial charge < -0.3 is 5.01 Å². The Morgan fingerprint density at radius 2 is 2.11 bits per heavy atom. The van der Waals surface area contributed by atoms with Crippen molar-refractivity contribution in [3.05, 3.63) is 51.5 Å². The van der Waals surface area contributed by atoms with Crippen LogP contribution in [0.25, 0.3) is 12.2 Å². The molecule has 2 rings (SSSR count). The van der Waals surface area contributed by atoms with Crippen LogP contribution in [0.4, 0.5) is 10.1 Å². The lowest BCUT2D eigenvalue weighted by atomic mass is 10.1. The summed E-state index contributed by atoms with van der Waals surface area (Å²) >= 11 is 1.66. The second-order valence-electron chi connectivity index (χ2n) is 4.12. The van der Waals surface area contributed by atoms with Crippen molar-refractivity contribution in [3.63, 3.8) is 0 Å². The van der Waals surface area contributed by atoms with Gasteiger partial charge >= 0.3 is 0 Å². The fourth-order valence-electron chi connectivity index (χ4n) is 1.80. The zero-order valence-corrected chi connectivity index (χ0v) is 11.2. The molecule has 94 valence electrons. The predicted molar refractivity (Wildman–Crippen MR) is 77.0 cm³/mol. The Balaban J connectivity index is 2.43. The maximum Gasteiger partial charge on any atom is 0.125 e. The van der Waals surface area contributed by atoms with E-state index < -0.39 is 0 Å². The van der Waals surface area contributed by atoms with Crippen molar-refractivity contribution in [1.29, 1.82) is 0 Å². The number of rotatable bonds is 3. The molecule has 0 saturated heterocycles. The Morgan fingerprint density at radius 1 is 1.33 bits per heavy atom. The smallest absolute Gasteiger partial charge is 0.125 e. The molecule has 0 radical (unpaired) electrons. The number of hydrogen-bond acceptors (Lipinski definition) is 3. The van der Waals surface area contributed by atoms with Gasteiger partial charge in [0.1, 0.15) is 5.82 Å². The highest BCUT2D eigenvalue weighted by molar-refractivity contribution is 7.10. The molecule has 0 aliphatic carbocycles. The van der Waals surface area contributed by atoms with Crippen LogP contribution in [0.15, 0.2) is 29.6 Å². The largest absolute Gasteiger partial charge is 0.313 e. The van der Waals surface area contributed by atoms with Crippen molar-refractivity contribution in [2.45, 2.75) is 6.92 Å². The summed E-state index contributed by atoms with van der Waals surface area (Å²) in [6.45, 7) is 1.88. The minimum atomic E-state index is -0.270. The van der Waals surface area contributed by atoms with Gasteiger partial charge in [-0.25, -0.2) is 10.2 Å². The lowest BCUT2D eigenvalue weighted by molar-refractivity contribution is 0.626. The molecule has 0 fully saturated rings. The number of thiophene rings is 1. The van der Waals surface area contributed by atoms with E-state index in [9.17, 15) is 4.39 Å². The van der Waals surface area contributed by atoms with Crippen LogP contribution in [-0.4, -0.2) is 7.05 Å². The number of hydrazine groups is 1. The van der Waals surface area contributed by atoms with E-state index >= 15 is 0 Å². The Morgan fingerprint density at radius 3 is 2.72 bits per heavy atom. The number of hydrogen-bond donors (Lipinski definition) is 1. The molecule has 0 atom stereocenters. The van der Waals surface area contributed by atoms with E-state index in [-0.39, 0.29) is 5.82 Å². The number of halogens is 1. The van der Waals surface area contributed by atoms with Crippen LogP contribution in [0.3, 0.4) is 0 Å². The van der Waals surface area contributed by atoms with E-state index in [2.05, 4.69) is 0 Å². The summed E-state index contributed by atoms with van der Waals surface area (Å²) < 4.78 is 13.4. The van der Waals surface area contributed by atoms with Crippen LogP contribution >= 0.6 is 11.3 Å². The number of nitrogens with two attached hydrogens (primary N) is 1. The Kier molecular flexibility index (Phi) is 3.79. The second-order valence-corrected chi connectivity index (χ2v) is 5.09. The molecule has 0 aliphatic heterocycles. The van der Waals surface area contributed by atoms with Crippen LogP contribution in [-0.2, 0) is 0 Å². The minimum Gasteiger partial charge on any atom is -0.313 e. The van der Waals surface area contributed by atoms with E-state index in [1.165, 1.54) is 17.1 Å². The lowest BCUT2D eigenvalue weighted by Crippen LogP contribution is -2.26. The number of benzene rings is 1. The summed E-state index contributed by atoms with van der Waals surface area (Å²) in [7, 11) is 1.71. The Bertz CT molecular complexity index is 559. The number of anilines is 1. The van der Waals surface area contributed by atoms with Crippen molar-refractivity contribution in [3.8, 4) is 0 Å². The van der Waals surface area contributed by atoms with Gasteiger partial charge in [-0.05, 0) is 42.1 Å². The average molecular weight is 262 g/mol. The first-order chi connectivity index (χ1) is 8.58. The molecule has 2 N–H and O–H groups in total. The standard InChI is InChI=1S/C14H15FN2S/c1-10-8-11(15)9-14(17(2)16)13(10)6-5-12-4-3-7-18-12/h3-9H,16H2,1-2H3/b6-5+. The van der Waals surface area contributed by atoms with Crippen molar-refractivity contribution < 1.29 is 4.39 Å². The molecule has 1 heterocycles. The monoisotopic (exact) mass is 262 g/mol. The molecule has 1 aromatic carbocycles. The highest BCUT2D eigenvalue weighted by Gasteiger charge is 2.08. The van der Waals surface area contributed by atoms with Gasteiger partial charge in [0.2, 0.25) is 0 Å². The highest BCUT2D eigenvalue weighted by atomic mass is 32.1. The number of aryl methyl sites for hydroxylation is 1. The van der Waals surface area contributed by atoms with E-state index in [1.807, 2.05) is 36.6 Å². The normalized spacial score (nSPS) is 11.1. The molecule has 2 aromatic rings. The van der Waals surface area contributed by atoms with Crippen molar-refractivity contribution in [2.75, 3.05) is 12.1 Å². The van der Waals surface area contributed by atoms with Gasteiger partial charge in [-0.1, -0.05) is 12.1 Å². The SMILES string of the molecule is Cc1cc(F)cc(N(C)N)c1/C=C/c1cccs1. The van der Waals surface area contributed by atoms with Crippen molar-refractivity contribution in [2.24, 2.45) is 5.84 Å². The molecule has 1 aromatic heterocycles. The topological polar surface area (TPSA) is 29.3 Å². The molecule has 0 bridgehead atoms. The van der Waals surface area contributed by atoms with Gasteiger partial charge in [-0.2, -0.15) is 0 Å². The van der Waals surface area contributed by atoms with E-state index in [1.54, 1.807) is 18.4 Å². The van der Waals surface area contributed by atoms with Gasteiger partial charge in [0.25, 0.3) is 0 Å². The Labute approximate surface area is 110 Å². The molecule has 4 heteroatoms. The second kappa shape index (κ2) is 5.33. The van der Waals surface area contributed by atoms with Crippen LogP contribution in [0.1, 0.15) is 16.0 Å². The zero-order valence-electron chi connectivity index (χ0n) is 10.4. The minimum absolute atomic E-state index is 0.270. The maximum atomic E-state index is 13.4. The van der Waals surface area contributed by atoms with E-state index in [0.717, 1.165) is 16.0 Å². The van der Waals surface area contributed by atoms with Crippen molar-refractivity contribution >= 4 is 29.2 Å². The molecule has 0 amide bonds. The maximum absolute atomic E-state index is 13.4. The molecule has 2 nitrogen and oxygen atoms in total. The summed E-state index contributed by atoms with van der Waals surface area (Å²) in [6, 6.07) is 6.99. The molecule has 0 spiro atoms. The molecule has 0 saturated carbocycles. The van der Waals surface area contributed by atoms with Gasteiger partial charge in [-0.15, -0.1) is 11.3 Å². The number of nitrogens with zero attached hydrogens (tertiary/aromatic N) is 1. The van der Waals surface area contributed by atoms with E-state index in [4.69, 9.17) is 5.84 Å². The molecule has 0 aliphatic rings. The summed E-state index contributed by atoms with van der Waals surface area (Å²) in [6.07, 6.45) is 3.98. The third kappa shape index (κ3) is 2.78. The van der Waals surface area contributed by atoms with Gasteiger partial charge in [0.05, 0.1) is 5.69 Å². The first-order valence-electron chi connectivity index (χ1n) is 5.58. The van der Waals surface area contributed by atoms with E-state index in [0.29, 0.717) is 5.69 Å². The third-order valence-corrected chi connectivity index (χ3v) is 3.50. The van der Waals surface area contributed by atoms with Gasteiger partial charge in [-0.3, -0.25) is 0 Å². The lowest BCUT2D eigenvalue weighted by Gasteiger charge is -2.17. The summed E-state index contributed by atoms with van der Waals surface area (Å²) in [5.74, 6) is 5.47. The molecular formula is C14H15FN2S. The van der Waals surface area contributed by atoms with Crippen LogP contribution in [0.2, 0.25) is 0 Å². The van der Waals surface area contributed by atoms with Crippen LogP contribution in [0, 0.1) is 12.7 Å². The average Bonchev–Trinajstić information content (AvgIpc) is 2.79. The zero-order chi connectivity index (χ0) is 13.1. The summed E-state index contributed by atoms with van der Waals surface area (Å²) in [5.41, 5.74) is 2.49. The summed E-state index contributed by atoms with van der Waals surface area (Å²) in [5, 5.41) is 3.46. The third-order valence-electron chi connectivity index (χ3n) is 2.67. The quantitative estimate of drug-likeness (QED) is 0.675. The van der Waals surface area contributed by atoms with Crippen LogP contribution < -0.4 is 10.9 Å². The van der Waals surface area contributed by atoms with Crippen LogP contribution in [0.5, 0.6) is 0 Å². The first-order valence-corrected chi connectivity index (χ1v) is 6.46.